The van der Waals surface area contributed by atoms with Crippen LogP contribution < -0.4 is 5.73 Å². The lowest BCUT2D eigenvalue weighted by Crippen LogP contribution is -2.00. The van der Waals surface area contributed by atoms with Gasteiger partial charge in [0.1, 0.15) is 6.10 Å². The van der Waals surface area contributed by atoms with E-state index < -0.39 is 6.10 Å². The summed E-state index contributed by atoms with van der Waals surface area (Å²) in [4.78, 5) is 0. The molecule has 0 fully saturated rings. The summed E-state index contributed by atoms with van der Waals surface area (Å²) in [6, 6.07) is 21.4. The molecule has 2 nitrogen and oxygen atoms in total. The molecular formula is C17H15NO. The summed E-state index contributed by atoms with van der Waals surface area (Å²) < 4.78 is 0. The van der Waals surface area contributed by atoms with Crippen LogP contribution in [0.5, 0.6) is 0 Å². The van der Waals surface area contributed by atoms with Gasteiger partial charge in [-0.2, -0.15) is 0 Å². The molecule has 0 aliphatic carbocycles. The molecule has 0 aromatic heterocycles. The molecule has 19 heavy (non-hydrogen) atoms. The molecule has 0 aliphatic rings. The van der Waals surface area contributed by atoms with Crippen LogP contribution in [0.2, 0.25) is 0 Å². The van der Waals surface area contributed by atoms with Crippen LogP contribution >= 0.6 is 0 Å². The Morgan fingerprint density at radius 1 is 0.789 bits per heavy atom. The molecular weight excluding hydrogens is 234 g/mol. The topological polar surface area (TPSA) is 46.2 Å². The van der Waals surface area contributed by atoms with Crippen molar-refractivity contribution < 1.29 is 5.11 Å². The van der Waals surface area contributed by atoms with Crippen LogP contribution in [-0.2, 0) is 0 Å². The van der Waals surface area contributed by atoms with Crippen molar-refractivity contribution in [3.63, 3.8) is 0 Å². The van der Waals surface area contributed by atoms with Crippen molar-refractivity contribution in [3.8, 4) is 0 Å². The fraction of sp³-hybridized carbons (Fsp3) is 0.0588. The maximum Gasteiger partial charge on any atom is 0.105 e. The van der Waals surface area contributed by atoms with E-state index >= 15 is 0 Å². The lowest BCUT2D eigenvalue weighted by Gasteiger charge is -2.14. The van der Waals surface area contributed by atoms with Crippen LogP contribution in [0, 0.1) is 0 Å². The Kier molecular flexibility index (Phi) is 2.94. The molecule has 1 unspecified atom stereocenters. The summed E-state index contributed by atoms with van der Waals surface area (Å²) in [5.74, 6) is 0. The Balaban J connectivity index is 2.11. The number of aliphatic hydroxyl groups is 1. The van der Waals surface area contributed by atoms with Crippen molar-refractivity contribution in [2.75, 3.05) is 5.73 Å². The normalized spacial score (nSPS) is 12.5. The number of fused-ring (bicyclic) bond motifs is 1. The van der Waals surface area contributed by atoms with Gasteiger partial charge in [0.15, 0.2) is 0 Å². The number of anilines is 1. The minimum Gasteiger partial charge on any atom is -0.399 e. The fourth-order valence-corrected chi connectivity index (χ4v) is 2.35. The van der Waals surface area contributed by atoms with Gasteiger partial charge in [-0.3, -0.25) is 0 Å². The molecule has 0 spiro atoms. The highest BCUT2D eigenvalue weighted by Gasteiger charge is 2.12. The average molecular weight is 249 g/mol. The van der Waals surface area contributed by atoms with Crippen LogP contribution in [0.1, 0.15) is 17.2 Å². The average Bonchev–Trinajstić information content (AvgIpc) is 2.47. The second-order valence-electron chi connectivity index (χ2n) is 4.64. The highest BCUT2D eigenvalue weighted by Crippen LogP contribution is 2.29. The van der Waals surface area contributed by atoms with E-state index in [4.69, 9.17) is 5.73 Å². The smallest absolute Gasteiger partial charge is 0.105 e. The van der Waals surface area contributed by atoms with E-state index in [2.05, 4.69) is 12.1 Å². The van der Waals surface area contributed by atoms with Crippen LogP contribution in [0.4, 0.5) is 5.69 Å². The third-order valence-electron chi connectivity index (χ3n) is 3.37. The predicted molar refractivity (Wildman–Crippen MR) is 78.9 cm³/mol. The Hall–Kier alpha value is -2.32. The first-order valence-electron chi connectivity index (χ1n) is 6.27. The van der Waals surface area contributed by atoms with Gasteiger partial charge in [0, 0.05) is 5.69 Å². The van der Waals surface area contributed by atoms with Gasteiger partial charge in [0.2, 0.25) is 0 Å². The number of rotatable bonds is 2. The Morgan fingerprint density at radius 2 is 1.47 bits per heavy atom. The van der Waals surface area contributed by atoms with Crippen molar-refractivity contribution >= 4 is 16.5 Å². The molecule has 0 bridgehead atoms. The molecule has 94 valence electrons. The molecule has 0 saturated carbocycles. The Morgan fingerprint density at radius 3 is 2.26 bits per heavy atom. The van der Waals surface area contributed by atoms with E-state index in [0.717, 1.165) is 21.9 Å². The monoisotopic (exact) mass is 249 g/mol. The van der Waals surface area contributed by atoms with E-state index in [9.17, 15) is 5.11 Å². The summed E-state index contributed by atoms with van der Waals surface area (Å²) >= 11 is 0. The minimum atomic E-state index is -0.633. The Bertz CT molecular complexity index is 699. The van der Waals surface area contributed by atoms with E-state index in [0.29, 0.717) is 5.69 Å². The highest BCUT2D eigenvalue weighted by molar-refractivity contribution is 5.86. The number of aliphatic hydroxyl groups excluding tert-OH is 1. The van der Waals surface area contributed by atoms with E-state index in [1.807, 2.05) is 54.6 Å². The molecule has 3 aromatic carbocycles. The second kappa shape index (κ2) is 4.75. The summed E-state index contributed by atoms with van der Waals surface area (Å²) in [6.07, 6.45) is -0.633. The van der Waals surface area contributed by atoms with Crippen molar-refractivity contribution in [2.45, 2.75) is 6.10 Å². The summed E-state index contributed by atoms with van der Waals surface area (Å²) in [6.45, 7) is 0. The number of hydrogen-bond acceptors (Lipinski definition) is 2. The summed E-state index contributed by atoms with van der Waals surface area (Å²) in [7, 11) is 0. The highest BCUT2D eigenvalue weighted by atomic mass is 16.3. The summed E-state index contributed by atoms with van der Waals surface area (Å²) in [5.41, 5.74) is 8.15. The molecule has 0 aliphatic heterocycles. The van der Waals surface area contributed by atoms with Crippen LogP contribution in [0.25, 0.3) is 10.8 Å². The van der Waals surface area contributed by atoms with Gasteiger partial charge in [0.05, 0.1) is 0 Å². The van der Waals surface area contributed by atoms with E-state index in [1.54, 1.807) is 0 Å². The van der Waals surface area contributed by atoms with Gasteiger partial charge in [0.25, 0.3) is 0 Å². The largest absolute Gasteiger partial charge is 0.399 e. The maximum absolute atomic E-state index is 10.5. The molecule has 1 atom stereocenters. The first-order valence-corrected chi connectivity index (χ1v) is 6.27. The SMILES string of the molecule is Nc1ccc(C(O)c2cccc3ccccc23)cc1. The fourth-order valence-electron chi connectivity index (χ4n) is 2.35. The number of hydrogen-bond donors (Lipinski definition) is 2. The number of nitrogen functional groups attached to an aromatic ring is 1. The lowest BCUT2D eigenvalue weighted by molar-refractivity contribution is 0.222. The molecule has 0 amide bonds. The predicted octanol–water partition coefficient (Wildman–Crippen LogP) is 3.50. The van der Waals surface area contributed by atoms with Gasteiger partial charge in [-0.15, -0.1) is 0 Å². The first kappa shape index (κ1) is 11.8. The number of nitrogens with two attached hydrogens (primary N) is 1. The lowest BCUT2D eigenvalue weighted by atomic mass is 9.96. The van der Waals surface area contributed by atoms with Crippen molar-refractivity contribution in [1.82, 2.24) is 0 Å². The molecule has 3 rings (SSSR count). The van der Waals surface area contributed by atoms with Gasteiger partial charge in [-0.25, -0.2) is 0 Å². The zero-order valence-corrected chi connectivity index (χ0v) is 10.5. The minimum absolute atomic E-state index is 0.633. The Labute approximate surface area is 112 Å². The molecule has 0 radical (unpaired) electrons. The quantitative estimate of drug-likeness (QED) is 0.683. The molecule has 2 heteroatoms. The van der Waals surface area contributed by atoms with Gasteiger partial charge in [-0.05, 0) is 34.0 Å². The van der Waals surface area contributed by atoms with Gasteiger partial charge >= 0.3 is 0 Å². The van der Waals surface area contributed by atoms with Crippen molar-refractivity contribution in [1.29, 1.82) is 0 Å². The summed E-state index contributed by atoms with van der Waals surface area (Å²) in [5, 5.41) is 12.8. The molecule has 0 saturated heterocycles. The van der Waals surface area contributed by atoms with Crippen molar-refractivity contribution in [3.05, 3.63) is 77.9 Å². The van der Waals surface area contributed by atoms with Gasteiger partial charge < -0.3 is 10.8 Å². The van der Waals surface area contributed by atoms with Crippen molar-refractivity contribution in [2.24, 2.45) is 0 Å². The maximum atomic E-state index is 10.5. The third kappa shape index (κ3) is 2.18. The molecule has 0 heterocycles. The van der Waals surface area contributed by atoms with E-state index in [1.165, 1.54) is 0 Å². The molecule has 3 N–H and O–H groups in total. The van der Waals surface area contributed by atoms with Crippen LogP contribution in [0.15, 0.2) is 66.7 Å². The zero-order valence-electron chi connectivity index (χ0n) is 10.5. The van der Waals surface area contributed by atoms with Gasteiger partial charge in [-0.1, -0.05) is 54.6 Å². The molecule has 3 aromatic rings. The second-order valence-corrected chi connectivity index (χ2v) is 4.64. The third-order valence-corrected chi connectivity index (χ3v) is 3.37. The first-order chi connectivity index (χ1) is 9.25. The van der Waals surface area contributed by atoms with Crippen LogP contribution in [0.3, 0.4) is 0 Å². The van der Waals surface area contributed by atoms with Crippen LogP contribution in [-0.4, -0.2) is 5.11 Å². The van der Waals surface area contributed by atoms with E-state index in [-0.39, 0.29) is 0 Å². The number of benzene rings is 3. The zero-order chi connectivity index (χ0) is 13.2. The standard InChI is InChI=1S/C17H15NO/c18-14-10-8-13(9-11-14)17(19)16-7-3-5-12-4-1-2-6-15(12)16/h1-11,17,19H,18H2.